The van der Waals surface area contributed by atoms with Crippen molar-refractivity contribution in [2.45, 2.75) is 18.8 Å². The molecule has 3 aliphatic heterocycles. The predicted octanol–water partition coefficient (Wildman–Crippen LogP) is 0.411. The summed E-state index contributed by atoms with van der Waals surface area (Å²) in [6.07, 6.45) is 2.41. The van der Waals surface area contributed by atoms with Gasteiger partial charge in [-0.25, -0.2) is 0 Å². The molecule has 0 amide bonds. The van der Waals surface area contributed by atoms with E-state index in [1.165, 1.54) is 18.5 Å². The molecule has 3 aliphatic rings. The van der Waals surface area contributed by atoms with Crippen molar-refractivity contribution in [3.05, 3.63) is 16.0 Å². The van der Waals surface area contributed by atoms with Gasteiger partial charge in [0.2, 0.25) is 0 Å². The highest BCUT2D eigenvalue weighted by Crippen LogP contribution is 2.39. The van der Waals surface area contributed by atoms with Crippen molar-refractivity contribution in [2.75, 3.05) is 18.0 Å². The van der Waals surface area contributed by atoms with Crippen LogP contribution in [0.15, 0.2) is 4.79 Å². The second-order valence-corrected chi connectivity index (χ2v) is 4.00. The molecule has 1 saturated heterocycles. The zero-order valence-electron chi connectivity index (χ0n) is 7.71. The molecule has 4 heterocycles. The van der Waals surface area contributed by atoms with Crippen LogP contribution in [0.25, 0.3) is 0 Å². The highest BCUT2D eigenvalue weighted by atomic mass is 16.1. The van der Waals surface area contributed by atoms with Crippen LogP contribution in [0.3, 0.4) is 0 Å². The third-order valence-corrected chi connectivity index (χ3v) is 3.29. The Morgan fingerprint density at radius 1 is 1.38 bits per heavy atom. The summed E-state index contributed by atoms with van der Waals surface area (Å²) < 4.78 is 1.90. The lowest BCUT2D eigenvalue weighted by atomic mass is 9.87. The van der Waals surface area contributed by atoms with E-state index in [1.54, 1.807) is 0 Å². The van der Waals surface area contributed by atoms with E-state index in [1.807, 2.05) is 11.7 Å². The molecule has 2 bridgehead atoms. The monoisotopic (exact) mass is 179 g/mol. The molecule has 1 aromatic rings. The van der Waals surface area contributed by atoms with Crippen molar-refractivity contribution >= 4 is 5.69 Å². The van der Waals surface area contributed by atoms with Crippen LogP contribution in [0, 0.1) is 0 Å². The Balaban J connectivity index is 2.31. The van der Waals surface area contributed by atoms with Gasteiger partial charge in [0, 0.05) is 26.1 Å². The Labute approximate surface area is 76.1 Å². The quantitative estimate of drug-likeness (QED) is 0.626. The number of hydrogen-bond donors (Lipinski definition) is 1. The summed E-state index contributed by atoms with van der Waals surface area (Å²) in [4.78, 5) is 13.8. The molecule has 0 atom stereocenters. The van der Waals surface area contributed by atoms with Crippen LogP contribution in [-0.2, 0) is 7.05 Å². The van der Waals surface area contributed by atoms with Gasteiger partial charge in [0.05, 0.1) is 5.69 Å². The van der Waals surface area contributed by atoms with Gasteiger partial charge in [0.25, 0.3) is 5.56 Å². The van der Waals surface area contributed by atoms with Crippen molar-refractivity contribution in [1.82, 2.24) is 9.78 Å². The number of nitrogens with zero attached hydrogens (tertiary/aromatic N) is 2. The molecule has 70 valence electrons. The fourth-order valence-electron chi connectivity index (χ4n) is 2.69. The van der Waals surface area contributed by atoms with Crippen LogP contribution in [0.4, 0.5) is 5.69 Å². The summed E-state index contributed by atoms with van der Waals surface area (Å²) in [5, 5.41) is 2.84. The average molecular weight is 179 g/mol. The molecule has 1 aromatic heterocycles. The molecule has 0 aromatic carbocycles. The highest BCUT2D eigenvalue weighted by Gasteiger charge is 2.35. The predicted molar refractivity (Wildman–Crippen MR) is 50.2 cm³/mol. The van der Waals surface area contributed by atoms with E-state index in [0.29, 0.717) is 5.92 Å². The molecule has 1 fully saturated rings. The second-order valence-electron chi connectivity index (χ2n) is 4.00. The number of nitrogens with one attached hydrogen (secondary N) is 1. The highest BCUT2D eigenvalue weighted by molar-refractivity contribution is 5.55. The molecular weight excluding hydrogens is 166 g/mol. The lowest BCUT2D eigenvalue weighted by molar-refractivity contribution is 0.449. The fraction of sp³-hybridized carbons (Fsp3) is 0.667. The zero-order valence-corrected chi connectivity index (χ0v) is 7.71. The third kappa shape index (κ3) is 0.779. The lowest BCUT2D eigenvalue weighted by Crippen LogP contribution is -2.40. The smallest absolute Gasteiger partial charge is 0.287 e. The second kappa shape index (κ2) is 2.19. The van der Waals surface area contributed by atoms with E-state index in [4.69, 9.17) is 0 Å². The molecule has 0 aliphatic carbocycles. The minimum Gasteiger partial charge on any atom is -0.366 e. The number of aromatic amines is 1. The van der Waals surface area contributed by atoms with E-state index in [0.717, 1.165) is 18.8 Å². The minimum absolute atomic E-state index is 0.0851. The van der Waals surface area contributed by atoms with E-state index in [2.05, 4.69) is 10.00 Å². The van der Waals surface area contributed by atoms with Gasteiger partial charge in [0.15, 0.2) is 0 Å². The number of aryl methyl sites for hydroxylation is 1. The lowest BCUT2D eigenvalue weighted by Gasteiger charge is -2.39. The van der Waals surface area contributed by atoms with Crippen LogP contribution in [-0.4, -0.2) is 22.9 Å². The number of H-pyrrole nitrogens is 1. The minimum atomic E-state index is 0.0851. The maximum absolute atomic E-state index is 11.6. The van der Waals surface area contributed by atoms with Crippen molar-refractivity contribution in [2.24, 2.45) is 7.05 Å². The van der Waals surface area contributed by atoms with Gasteiger partial charge in [-0.1, -0.05) is 0 Å². The summed E-state index contributed by atoms with van der Waals surface area (Å²) >= 11 is 0. The molecule has 1 N–H and O–H groups in total. The number of anilines is 1. The molecule has 0 unspecified atom stereocenters. The van der Waals surface area contributed by atoms with Crippen LogP contribution in [0.2, 0.25) is 0 Å². The maximum atomic E-state index is 11.6. The third-order valence-electron chi connectivity index (χ3n) is 3.29. The maximum Gasteiger partial charge on any atom is 0.287 e. The van der Waals surface area contributed by atoms with Gasteiger partial charge < -0.3 is 4.90 Å². The first-order valence-electron chi connectivity index (χ1n) is 4.81. The van der Waals surface area contributed by atoms with E-state index in [9.17, 15) is 4.79 Å². The number of piperidine rings is 1. The Bertz CT molecular complexity index is 395. The summed E-state index contributed by atoms with van der Waals surface area (Å²) in [5.74, 6) is 0.615. The molecule has 0 spiro atoms. The van der Waals surface area contributed by atoms with Gasteiger partial charge in [-0.2, -0.15) is 0 Å². The number of fused-ring (bicyclic) bond motifs is 2. The van der Waals surface area contributed by atoms with Crippen molar-refractivity contribution in [3.8, 4) is 0 Å². The van der Waals surface area contributed by atoms with Crippen LogP contribution in [0.1, 0.15) is 24.5 Å². The van der Waals surface area contributed by atoms with E-state index >= 15 is 0 Å². The topological polar surface area (TPSA) is 41.0 Å². The van der Waals surface area contributed by atoms with E-state index in [-0.39, 0.29) is 5.56 Å². The molecule has 0 saturated carbocycles. The van der Waals surface area contributed by atoms with Crippen molar-refractivity contribution in [1.29, 1.82) is 0 Å². The first kappa shape index (κ1) is 7.24. The van der Waals surface area contributed by atoms with Crippen molar-refractivity contribution < 1.29 is 0 Å². The fourth-order valence-corrected chi connectivity index (χ4v) is 2.69. The van der Waals surface area contributed by atoms with Gasteiger partial charge in [-0.05, 0) is 12.8 Å². The summed E-state index contributed by atoms with van der Waals surface area (Å²) in [7, 11) is 1.93. The number of aromatic nitrogens is 2. The van der Waals surface area contributed by atoms with Crippen LogP contribution in [0.5, 0.6) is 0 Å². The normalized spacial score (nSPS) is 20.8. The largest absolute Gasteiger partial charge is 0.366 e. The van der Waals surface area contributed by atoms with Gasteiger partial charge in [-0.3, -0.25) is 14.6 Å². The molecule has 4 heteroatoms. The Hall–Kier alpha value is -1.19. The SMILES string of the molecule is Cn1[nH]c(=O)c2c1C1CCN2CC1. The van der Waals surface area contributed by atoms with Crippen LogP contribution >= 0.6 is 0 Å². The van der Waals surface area contributed by atoms with Gasteiger partial charge in [-0.15, -0.1) is 0 Å². The first-order chi connectivity index (χ1) is 6.27. The Kier molecular flexibility index (Phi) is 1.22. The molecule has 4 nitrogen and oxygen atoms in total. The summed E-state index contributed by atoms with van der Waals surface area (Å²) in [5.41, 5.74) is 2.24. The average Bonchev–Trinajstić information content (AvgIpc) is 2.47. The molecule has 0 radical (unpaired) electrons. The Morgan fingerprint density at radius 2 is 2.08 bits per heavy atom. The summed E-state index contributed by atoms with van der Waals surface area (Å²) in [6.45, 7) is 2.12. The standard InChI is InChI=1S/C9H13N3O/c1-11-7-6-2-4-12(5-3-6)8(7)9(13)10-11/h6H,2-5H2,1H3,(H,10,13). The number of hydrogen-bond acceptors (Lipinski definition) is 2. The first-order valence-corrected chi connectivity index (χ1v) is 4.81. The molecular formula is C9H13N3O. The summed E-state index contributed by atoms with van der Waals surface area (Å²) in [6, 6.07) is 0. The zero-order chi connectivity index (χ0) is 9.00. The van der Waals surface area contributed by atoms with Gasteiger partial charge >= 0.3 is 0 Å². The number of rotatable bonds is 0. The van der Waals surface area contributed by atoms with Crippen molar-refractivity contribution in [3.63, 3.8) is 0 Å². The Morgan fingerprint density at radius 3 is 2.69 bits per heavy atom. The molecule has 4 rings (SSSR count). The molecule has 13 heavy (non-hydrogen) atoms. The van der Waals surface area contributed by atoms with E-state index < -0.39 is 0 Å². The van der Waals surface area contributed by atoms with Crippen LogP contribution < -0.4 is 10.5 Å². The van der Waals surface area contributed by atoms with Gasteiger partial charge in [0.1, 0.15) is 5.69 Å².